The van der Waals surface area contributed by atoms with Gasteiger partial charge in [-0.15, -0.1) is 0 Å². The summed E-state index contributed by atoms with van der Waals surface area (Å²) in [6.45, 7) is 1.80. The van der Waals surface area contributed by atoms with E-state index in [1.54, 1.807) is 13.0 Å². The van der Waals surface area contributed by atoms with Crippen LogP contribution in [0.2, 0.25) is 0 Å². The first-order valence-corrected chi connectivity index (χ1v) is 7.14. The maximum absolute atomic E-state index is 13.7. The highest BCUT2D eigenvalue weighted by Gasteiger charge is 2.40. The van der Waals surface area contributed by atoms with Gasteiger partial charge in [0.2, 0.25) is 0 Å². The number of aryl methyl sites for hydroxylation is 1. The summed E-state index contributed by atoms with van der Waals surface area (Å²) in [5, 5.41) is 0. The second-order valence-electron chi connectivity index (χ2n) is 6.31. The van der Waals surface area contributed by atoms with Crippen molar-refractivity contribution in [3.63, 3.8) is 0 Å². The summed E-state index contributed by atoms with van der Waals surface area (Å²) in [6, 6.07) is 5.54. The van der Waals surface area contributed by atoms with E-state index >= 15 is 0 Å². The van der Waals surface area contributed by atoms with Crippen molar-refractivity contribution in [3.8, 4) is 0 Å². The van der Waals surface area contributed by atoms with Crippen LogP contribution in [0.25, 0.3) is 0 Å². The van der Waals surface area contributed by atoms with Gasteiger partial charge in [0, 0.05) is 5.54 Å². The predicted octanol–water partition coefficient (Wildman–Crippen LogP) is 3.89. The first-order chi connectivity index (χ1) is 8.58. The summed E-state index contributed by atoms with van der Waals surface area (Å²) >= 11 is 0. The van der Waals surface area contributed by atoms with Crippen molar-refractivity contribution < 1.29 is 4.39 Å². The van der Waals surface area contributed by atoms with Gasteiger partial charge in [0.1, 0.15) is 5.82 Å². The lowest BCUT2D eigenvalue weighted by atomic mass is 9.71. The summed E-state index contributed by atoms with van der Waals surface area (Å²) in [6.07, 6.45) is 7.30. The Hall–Kier alpha value is -0.890. The fourth-order valence-electron chi connectivity index (χ4n) is 3.49. The largest absolute Gasteiger partial charge is 0.321 e. The molecule has 0 bridgehead atoms. The minimum absolute atomic E-state index is 0.120. The minimum Gasteiger partial charge on any atom is -0.321 e. The van der Waals surface area contributed by atoms with Crippen LogP contribution in [-0.2, 0) is 5.54 Å². The van der Waals surface area contributed by atoms with Crippen molar-refractivity contribution in [2.45, 2.75) is 51.0 Å². The van der Waals surface area contributed by atoms with Crippen LogP contribution in [-0.4, -0.2) is 0 Å². The molecule has 0 spiro atoms. The van der Waals surface area contributed by atoms with E-state index in [-0.39, 0.29) is 11.4 Å². The zero-order chi connectivity index (χ0) is 12.8. The van der Waals surface area contributed by atoms with Crippen LogP contribution in [0.5, 0.6) is 0 Å². The van der Waals surface area contributed by atoms with E-state index in [0.717, 1.165) is 30.2 Å². The van der Waals surface area contributed by atoms with Crippen molar-refractivity contribution in [1.29, 1.82) is 0 Å². The Balaban J connectivity index is 1.85. The Morgan fingerprint density at radius 2 is 2.00 bits per heavy atom. The number of hydrogen-bond donors (Lipinski definition) is 1. The lowest BCUT2D eigenvalue weighted by molar-refractivity contribution is 0.206. The van der Waals surface area contributed by atoms with Crippen LogP contribution in [0.3, 0.4) is 0 Å². The molecule has 2 heteroatoms. The van der Waals surface area contributed by atoms with Gasteiger partial charge < -0.3 is 5.73 Å². The molecular formula is C16H22FN. The fourth-order valence-corrected chi connectivity index (χ4v) is 3.49. The summed E-state index contributed by atoms with van der Waals surface area (Å²) < 4.78 is 13.7. The lowest BCUT2D eigenvalue weighted by Gasteiger charge is -2.39. The fraction of sp³-hybridized carbons (Fsp3) is 0.625. The molecule has 0 radical (unpaired) electrons. The summed E-state index contributed by atoms with van der Waals surface area (Å²) in [7, 11) is 0. The molecule has 1 aromatic carbocycles. The van der Waals surface area contributed by atoms with Crippen molar-refractivity contribution in [1.82, 2.24) is 0 Å². The molecule has 0 heterocycles. The topological polar surface area (TPSA) is 26.0 Å². The highest BCUT2D eigenvalue weighted by Crippen LogP contribution is 2.48. The lowest BCUT2D eigenvalue weighted by Crippen LogP contribution is -2.42. The molecule has 1 aromatic rings. The van der Waals surface area contributed by atoms with E-state index in [9.17, 15) is 4.39 Å². The Bertz CT molecular complexity index is 452. The Kier molecular flexibility index (Phi) is 2.93. The van der Waals surface area contributed by atoms with E-state index in [2.05, 4.69) is 0 Å². The van der Waals surface area contributed by atoms with E-state index in [0.29, 0.717) is 5.56 Å². The molecule has 0 saturated heterocycles. The quantitative estimate of drug-likeness (QED) is 0.843. The Morgan fingerprint density at radius 3 is 2.67 bits per heavy atom. The number of nitrogens with two attached hydrogens (primary N) is 1. The maximum Gasteiger partial charge on any atom is 0.126 e. The number of halogens is 1. The smallest absolute Gasteiger partial charge is 0.126 e. The van der Waals surface area contributed by atoms with E-state index in [4.69, 9.17) is 5.73 Å². The predicted molar refractivity (Wildman–Crippen MR) is 71.7 cm³/mol. The average molecular weight is 247 g/mol. The number of rotatable bonds is 2. The van der Waals surface area contributed by atoms with E-state index in [1.807, 2.05) is 12.1 Å². The van der Waals surface area contributed by atoms with Gasteiger partial charge in [-0.25, -0.2) is 4.39 Å². The molecule has 2 saturated carbocycles. The minimum atomic E-state index is -0.292. The molecule has 1 nitrogen and oxygen atoms in total. The number of benzene rings is 1. The standard InChI is InChI=1S/C16H22FN/c1-11-4-7-14(9-15(11)17)16(18)8-2-3-13(10-16)12-5-6-12/h4,7,9,12-13H,2-3,5-6,8,10,18H2,1H3. The molecule has 0 aliphatic heterocycles. The second kappa shape index (κ2) is 4.34. The molecule has 0 amide bonds. The van der Waals surface area contributed by atoms with Crippen molar-refractivity contribution in [3.05, 3.63) is 35.1 Å². The van der Waals surface area contributed by atoms with Gasteiger partial charge in [-0.1, -0.05) is 25.0 Å². The van der Waals surface area contributed by atoms with Crippen LogP contribution in [0.4, 0.5) is 4.39 Å². The first-order valence-electron chi connectivity index (χ1n) is 7.14. The van der Waals surface area contributed by atoms with Crippen molar-refractivity contribution in [2.24, 2.45) is 17.6 Å². The second-order valence-corrected chi connectivity index (χ2v) is 6.31. The molecule has 2 aliphatic carbocycles. The highest BCUT2D eigenvalue weighted by atomic mass is 19.1. The highest BCUT2D eigenvalue weighted by molar-refractivity contribution is 5.29. The normalized spacial score (nSPS) is 32.5. The maximum atomic E-state index is 13.7. The number of hydrogen-bond acceptors (Lipinski definition) is 1. The van der Waals surface area contributed by atoms with Crippen LogP contribution >= 0.6 is 0 Å². The molecule has 2 atom stereocenters. The third-order valence-corrected chi connectivity index (χ3v) is 4.86. The summed E-state index contributed by atoms with van der Waals surface area (Å²) in [5.41, 5.74) is 8.00. The van der Waals surface area contributed by atoms with Gasteiger partial charge >= 0.3 is 0 Å². The molecular weight excluding hydrogens is 225 g/mol. The molecule has 2 aliphatic rings. The van der Waals surface area contributed by atoms with Crippen LogP contribution in [0.1, 0.15) is 49.7 Å². The van der Waals surface area contributed by atoms with Gasteiger partial charge in [0.05, 0.1) is 0 Å². The summed E-state index contributed by atoms with van der Waals surface area (Å²) in [5.74, 6) is 1.56. The summed E-state index contributed by atoms with van der Waals surface area (Å²) in [4.78, 5) is 0. The van der Waals surface area contributed by atoms with Crippen LogP contribution in [0.15, 0.2) is 18.2 Å². The SMILES string of the molecule is Cc1ccc(C2(N)CCCC(C3CC3)C2)cc1F. The van der Waals surface area contributed by atoms with Gasteiger partial charge in [0.15, 0.2) is 0 Å². The first kappa shape index (κ1) is 12.2. The third kappa shape index (κ3) is 2.18. The molecule has 0 aromatic heterocycles. The average Bonchev–Trinajstić information content (AvgIpc) is 3.17. The van der Waals surface area contributed by atoms with Gasteiger partial charge in [-0.05, 0) is 61.6 Å². The van der Waals surface area contributed by atoms with Crippen LogP contribution < -0.4 is 5.73 Å². The molecule has 2 fully saturated rings. The third-order valence-electron chi connectivity index (χ3n) is 4.86. The van der Waals surface area contributed by atoms with Gasteiger partial charge in [-0.2, -0.15) is 0 Å². The van der Waals surface area contributed by atoms with E-state index < -0.39 is 0 Å². The monoisotopic (exact) mass is 247 g/mol. The van der Waals surface area contributed by atoms with Gasteiger partial charge in [-0.3, -0.25) is 0 Å². The zero-order valence-corrected chi connectivity index (χ0v) is 11.1. The van der Waals surface area contributed by atoms with Crippen molar-refractivity contribution >= 4 is 0 Å². The van der Waals surface area contributed by atoms with Crippen molar-refractivity contribution in [2.75, 3.05) is 0 Å². The van der Waals surface area contributed by atoms with Gasteiger partial charge in [0.25, 0.3) is 0 Å². The van der Waals surface area contributed by atoms with E-state index in [1.165, 1.54) is 25.7 Å². The molecule has 18 heavy (non-hydrogen) atoms. The molecule has 2 N–H and O–H groups in total. The molecule has 3 rings (SSSR count). The van der Waals surface area contributed by atoms with Crippen LogP contribution in [0, 0.1) is 24.6 Å². The Morgan fingerprint density at radius 1 is 1.22 bits per heavy atom. The zero-order valence-electron chi connectivity index (χ0n) is 11.1. The molecule has 98 valence electrons. The molecule has 2 unspecified atom stereocenters. The Labute approximate surface area is 109 Å².